The fourth-order valence-electron chi connectivity index (χ4n) is 2.91. The largest absolute Gasteiger partial charge is 0.334 e. The first-order valence-electron chi connectivity index (χ1n) is 7.99. The molecule has 3 heterocycles. The molecule has 0 radical (unpaired) electrons. The number of benzene rings is 1. The Morgan fingerprint density at radius 1 is 1.08 bits per heavy atom. The molecule has 0 saturated carbocycles. The fraction of sp³-hybridized carbons (Fsp3) is 0.250. The van der Waals surface area contributed by atoms with Gasteiger partial charge in [-0.15, -0.1) is 0 Å². The van der Waals surface area contributed by atoms with E-state index in [0.717, 1.165) is 10.9 Å². The van der Waals surface area contributed by atoms with E-state index in [-0.39, 0.29) is 11.9 Å². The van der Waals surface area contributed by atoms with Crippen molar-refractivity contribution < 1.29 is 9.59 Å². The van der Waals surface area contributed by atoms with Crippen molar-refractivity contribution in [1.29, 1.82) is 0 Å². The van der Waals surface area contributed by atoms with Crippen molar-refractivity contribution in [1.82, 2.24) is 30.2 Å². The SMILES string of the molecule is O=C(Nc1cn[nH]c1)N1CCN(C(=O)c2n[nH]c3ccccc23)CC1. The maximum Gasteiger partial charge on any atom is 0.322 e. The highest BCUT2D eigenvalue weighted by atomic mass is 16.2. The number of carbonyl (C=O) groups is 2. The molecule has 3 N–H and O–H groups in total. The molecule has 1 aliphatic heterocycles. The second-order valence-corrected chi connectivity index (χ2v) is 5.81. The van der Waals surface area contributed by atoms with Gasteiger partial charge in [0.1, 0.15) is 0 Å². The number of H-pyrrole nitrogens is 2. The summed E-state index contributed by atoms with van der Waals surface area (Å²) >= 11 is 0. The quantitative estimate of drug-likeness (QED) is 0.653. The van der Waals surface area contributed by atoms with Gasteiger partial charge in [0.25, 0.3) is 5.91 Å². The van der Waals surface area contributed by atoms with Crippen molar-refractivity contribution in [2.45, 2.75) is 0 Å². The normalized spacial score (nSPS) is 14.7. The van der Waals surface area contributed by atoms with E-state index in [0.29, 0.717) is 37.6 Å². The van der Waals surface area contributed by atoms with Gasteiger partial charge in [-0.25, -0.2) is 4.79 Å². The Bertz CT molecular complexity index is 894. The summed E-state index contributed by atoms with van der Waals surface area (Å²) in [4.78, 5) is 28.3. The molecule has 128 valence electrons. The first kappa shape index (κ1) is 15.2. The predicted molar refractivity (Wildman–Crippen MR) is 91.2 cm³/mol. The standard InChI is InChI=1S/C16H17N7O2/c24-15(14-12-3-1-2-4-13(12)20-21-14)22-5-7-23(8-6-22)16(25)19-11-9-17-18-10-11/h1-4,9-10H,5-8H2,(H,17,18)(H,19,25)(H,20,21). The molecule has 9 nitrogen and oxygen atoms in total. The summed E-state index contributed by atoms with van der Waals surface area (Å²) in [6, 6.07) is 7.34. The van der Waals surface area contributed by atoms with E-state index in [9.17, 15) is 9.59 Å². The van der Waals surface area contributed by atoms with E-state index in [4.69, 9.17) is 0 Å². The molecule has 4 rings (SSSR count). The second-order valence-electron chi connectivity index (χ2n) is 5.81. The van der Waals surface area contributed by atoms with E-state index in [1.54, 1.807) is 22.2 Å². The molecule has 0 spiro atoms. The molecule has 3 aromatic rings. The summed E-state index contributed by atoms with van der Waals surface area (Å²) in [6.07, 6.45) is 3.15. The number of nitrogens with zero attached hydrogens (tertiary/aromatic N) is 4. The number of rotatable bonds is 2. The van der Waals surface area contributed by atoms with Gasteiger partial charge in [0.15, 0.2) is 5.69 Å². The van der Waals surface area contributed by atoms with Crippen molar-refractivity contribution in [3.05, 3.63) is 42.4 Å². The molecule has 1 fully saturated rings. The van der Waals surface area contributed by atoms with Gasteiger partial charge >= 0.3 is 6.03 Å². The molecule has 25 heavy (non-hydrogen) atoms. The Hall–Kier alpha value is -3.36. The Balaban J connectivity index is 1.40. The molecule has 0 unspecified atom stereocenters. The lowest BCUT2D eigenvalue weighted by atomic mass is 10.2. The van der Waals surface area contributed by atoms with Crippen molar-refractivity contribution in [3.8, 4) is 0 Å². The van der Waals surface area contributed by atoms with Gasteiger partial charge in [0.2, 0.25) is 0 Å². The fourth-order valence-corrected chi connectivity index (χ4v) is 2.91. The van der Waals surface area contributed by atoms with Crippen LogP contribution in [0.25, 0.3) is 10.9 Å². The molecule has 2 aromatic heterocycles. The minimum absolute atomic E-state index is 0.118. The number of para-hydroxylation sites is 1. The zero-order chi connectivity index (χ0) is 17.2. The predicted octanol–water partition coefficient (Wildman–Crippen LogP) is 1.28. The van der Waals surface area contributed by atoms with Crippen LogP contribution in [0.1, 0.15) is 10.5 Å². The summed E-state index contributed by atoms with van der Waals surface area (Å²) in [5.41, 5.74) is 1.88. The van der Waals surface area contributed by atoms with Gasteiger partial charge in [-0.05, 0) is 6.07 Å². The van der Waals surface area contributed by atoms with Crippen LogP contribution in [0.15, 0.2) is 36.7 Å². The van der Waals surface area contributed by atoms with Crippen molar-refractivity contribution in [2.75, 3.05) is 31.5 Å². The number of hydrogen-bond acceptors (Lipinski definition) is 4. The van der Waals surface area contributed by atoms with Crippen LogP contribution in [0.2, 0.25) is 0 Å². The zero-order valence-corrected chi connectivity index (χ0v) is 13.4. The lowest BCUT2D eigenvalue weighted by Crippen LogP contribution is -2.51. The molecule has 0 atom stereocenters. The highest BCUT2D eigenvalue weighted by Crippen LogP contribution is 2.18. The van der Waals surface area contributed by atoms with Crippen LogP contribution in [0.4, 0.5) is 10.5 Å². The topological polar surface area (TPSA) is 110 Å². The van der Waals surface area contributed by atoms with Crippen LogP contribution in [-0.2, 0) is 0 Å². The minimum atomic E-state index is -0.196. The summed E-state index contributed by atoms with van der Waals surface area (Å²) in [5, 5.41) is 17.0. The monoisotopic (exact) mass is 339 g/mol. The van der Waals surface area contributed by atoms with Crippen LogP contribution >= 0.6 is 0 Å². The maximum absolute atomic E-state index is 12.7. The lowest BCUT2D eigenvalue weighted by Gasteiger charge is -2.34. The van der Waals surface area contributed by atoms with E-state index in [1.807, 2.05) is 24.3 Å². The Labute approximate surface area is 143 Å². The summed E-state index contributed by atoms with van der Waals surface area (Å²) in [5.74, 6) is -0.118. The van der Waals surface area contributed by atoms with Crippen LogP contribution in [0.5, 0.6) is 0 Å². The minimum Gasteiger partial charge on any atom is -0.334 e. The number of carbonyl (C=O) groups excluding carboxylic acids is 2. The summed E-state index contributed by atoms with van der Waals surface area (Å²) in [6.45, 7) is 1.88. The molecule has 1 aliphatic rings. The average molecular weight is 339 g/mol. The molecule has 0 bridgehead atoms. The lowest BCUT2D eigenvalue weighted by molar-refractivity contribution is 0.0667. The van der Waals surface area contributed by atoms with E-state index in [1.165, 1.54) is 0 Å². The third-order valence-electron chi connectivity index (χ3n) is 4.28. The molecule has 0 aliphatic carbocycles. The third kappa shape index (κ3) is 2.91. The van der Waals surface area contributed by atoms with Crippen LogP contribution < -0.4 is 5.32 Å². The maximum atomic E-state index is 12.7. The Morgan fingerprint density at radius 3 is 2.60 bits per heavy atom. The number of anilines is 1. The Morgan fingerprint density at radius 2 is 1.84 bits per heavy atom. The van der Waals surface area contributed by atoms with Crippen LogP contribution in [-0.4, -0.2) is 68.3 Å². The highest BCUT2D eigenvalue weighted by Gasteiger charge is 2.27. The van der Waals surface area contributed by atoms with Crippen molar-refractivity contribution in [2.24, 2.45) is 0 Å². The number of nitrogens with one attached hydrogen (secondary N) is 3. The van der Waals surface area contributed by atoms with Gasteiger partial charge in [-0.2, -0.15) is 10.2 Å². The van der Waals surface area contributed by atoms with Gasteiger partial charge in [-0.3, -0.25) is 15.0 Å². The zero-order valence-electron chi connectivity index (χ0n) is 13.4. The summed E-state index contributed by atoms with van der Waals surface area (Å²) < 4.78 is 0. The number of urea groups is 1. The van der Waals surface area contributed by atoms with Gasteiger partial charge in [0.05, 0.1) is 17.4 Å². The van der Waals surface area contributed by atoms with E-state index >= 15 is 0 Å². The summed E-state index contributed by atoms with van der Waals surface area (Å²) in [7, 11) is 0. The molecular formula is C16H17N7O2. The average Bonchev–Trinajstić information content (AvgIpc) is 3.31. The molecule has 1 saturated heterocycles. The number of amides is 3. The Kier molecular flexibility index (Phi) is 3.81. The first-order chi connectivity index (χ1) is 12.2. The highest BCUT2D eigenvalue weighted by molar-refractivity contribution is 6.04. The third-order valence-corrected chi connectivity index (χ3v) is 4.28. The van der Waals surface area contributed by atoms with Crippen LogP contribution in [0, 0.1) is 0 Å². The first-order valence-corrected chi connectivity index (χ1v) is 7.99. The van der Waals surface area contributed by atoms with Crippen molar-refractivity contribution in [3.63, 3.8) is 0 Å². The van der Waals surface area contributed by atoms with Crippen molar-refractivity contribution >= 4 is 28.5 Å². The smallest absolute Gasteiger partial charge is 0.322 e. The van der Waals surface area contributed by atoms with E-state index in [2.05, 4.69) is 25.7 Å². The molecule has 1 aromatic carbocycles. The van der Waals surface area contributed by atoms with Gasteiger partial charge < -0.3 is 15.1 Å². The second kappa shape index (κ2) is 6.27. The molecular weight excluding hydrogens is 322 g/mol. The number of piperazine rings is 1. The van der Waals surface area contributed by atoms with Gasteiger partial charge in [-0.1, -0.05) is 18.2 Å². The van der Waals surface area contributed by atoms with Gasteiger partial charge in [0, 0.05) is 37.8 Å². The number of fused-ring (bicyclic) bond motifs is 1. The number of hydrogen-bond donors (Lipinski definition) is 3. The van der Waals surface area contributed by atoms with Crippen LogP contribution in [0.3, 0.4) is 0 Å². The molecule has 9 heteroatoms. The number of aromatic amines is 2. The number of aromatic nitrogens is 4. The van der Waals surface area contributed by atoms with E-state index < -0.39 is 0 Å². The molecule has 3 amide bonds.